The lowest BCUT2D eigenvalue weighted by Crippen LogP contribution is -2.25. The second-order valence-electron chi connectivity index (χ2n) is 5.36. The number of aryl methyl sites for hydroxylation is 2. The lowest BCUT2D eigenvalue weighted by Gasteiger charge is -2.03. The number of nitrogens with one attached hydrogen (secondary N) is 2. The monoisotopic (exact) mass is 312 g/mol. The van der Waals surface area contributed by atoms with Crippen molar-refractivity contribution in [3.05, 3.63) is 47.2 Å². The Balaban J connectivity index is 1.70. The van der Waals surface area contributed by atoms with E-state index in [1.807, 2.05) is 38.1 Å². The SMILES string of the molecule is CCc1n[nH]c(CNC(=O)Cc2c(CC)oc3ccccc23)n1. The van der Waals surface area contributed by atoms with Crippen LogP contribution in [0.2, 0.25) is 0 Å². The van der Waals surface area contributed by atoms with Crippen LogP contribution in [0.5, 0.6) is 0 Å². The third-order valence-corrected chi connectivity index (χ3v) is 3.79. The molecule has 2 N–H and O–H groups in total. The highest BCUT2D eigenvalue weighted by atomic mass is 16.3. The molecule has 2 heterocycles. The van der Waals surface area contributed by atoms with Gasteiger partial charge in [0.15, 0.2) is 5.82 Å². The van der Waals surface area contributed by atoms with Gasteiger partial charge in [-0.05, 0) is 6.07 Å². The Morgan fingerprint density at radius 2 is 2.09 bits per heavy atom. The van der Waals surface area contributed by atoms with Crippen LogP contribution in [0.25, 0.3) is 11.0 Å². The van der Waals surface area contributed by atoms with Crippen LogP contribution in [-0.4, -0.2) is 21.1 Å². The Hall–Kier alpha value is -2.63. The van der Waals surface area contributed by atoms with Crippen molar-refractivity contribution < 1.29 is 9.21 Å². The summed E-state index contributed by atoms with van der Waals surface area (Å²) in [6.07, 6.45) is 1.83. The molecule has 6 nitrogen and oxygen atoms in total. The molecule has 0 spiro atoms. The molecule has 0 fully saturated rings. The van der Waals surface area contributed by atoms with Gasteiger partial charge in [0.2, 0.25) is 5.91 Å². The van der Waals surface area contributed by atoms with Crippen LogP contribution < -0.4 is 5.32 Å². The van der Waals surface area contributed by atoms with Gasteiger partial charge in [-0.15, -0.1) is 0 Å². The van der Waals surface area contributed by atoms with E-state index in [1.54, 1.807) is 0 Å². The molecule has 0 bridgehead atoms. The van der Waals surface area contributed by atoms with Gasteiger partial charge in [-0.25, -0.2) is 4.98 Å². The molecule has 2 aromatic heterocycles. The first-order valence-corrected chi connectivity index (χ1v) is 7.87. The van der Waals surface area contributed by atoms with Gasteiger partial charge in [-0.2, -0.15) is 5.10 Å². The van der Waals surface area contributed by atoms with Crippen molar-refractivity contribution in [3.8, 4) is 0 Å². The summed E-state index contributed by atoms with van der Waals surface area (Å²) in [7, 11) is 0. The summed E-state index contributed by atoms with van der Waals surface area (Å²) in [6, 6.07) is 7.81. The number of carbonyl (C=O) groups excluding carboxylic acids is 1. The van der Waals surface area contributed by atoms with E-state index in [-0.39, 0.29) is 5.91 Å². The Morgan fingerprint density at radius 3 is 2.83 bits per heavy atom. The number of rotatable bonds is 6. The summed E-state index contributed by atoms with van der Waals surface area (Å²) in [5, 5.41) is 10.8. The lowest BCUT2D eigenvalue weighted by molar-refractivity contribution is -0.120. The molecule has 3 rings (SSSR count). The standard InChI is InChI=1S/C17H20N4O2/c1-3-13-12(11-7-5-6-8-14(11)23-13)9-17(22)18-10-16-19-15(4-2)20-21-16/h5-8H,3-4,9-10H2,1-2H3,(H,18,22)(H,19,20,21). The van der Waals surface area contributed by atoms with E-state index in [9.17, 15) is 4.79 Å². The third kappa shape index (κ3) is 3.26. The van der Waals surface area contributed by atoms with Gasteiger partial charge in [-0.3, -0.25) is 9.89 Å². The number of hydrogen-bond acceptors (Lipinski definition) is 4. The minimum Gasteiger partial charge on any atom is -0.461 e. The molecule has 1 aromatic carbocycles. The van der Waals surface area contributed by atoms with Crippen LogP contribution in [0.4, 0.5) is 0 Å². The zero-order valence-corrected chi connectivity index (χ0v) is 13.3. The fraction of sp³-hybridized carbons (Fsp3) is 0.353. The highest BCUT2D eigenvalue weighted by molar-refractivity contribution is 5.88. The average Bonchev–Trinajstić information content (AvgIpc) is 3.17. The minimum absolute atomic E-state index is 0.0549. The van der Waals surface area contributed by atoms with Crippen molar-refractivity contribution in [2.24, 2.45) is 0 Å². The molecule has 6 heteroatoms. The van der Waals surface area contributed by atoms with Gasteiger partial charge in [0.25, 0.3) is 0 Å². The largest absolute Gasteiger partial charge is 0.461 e. The molecule has 0 radical (unpaired) electrons. The molecule has 0 unspecified atom stereocenters. The molecule has 0 saturated heterocycles. The highest BCUT2D eigenvalue weighted by Crippen LogP contribution is 2.26. The van der Waals surface area contributed by atoms with Crippen molar-refractivity contribution >= 4 is 16.9 Å². The molecule has 23 heavy (non-hydrogen) atoms. The summed E-state index contributed by atoms with van der Waals surface area (Å²) < 4.78 is 5.82. The normalized spacial score (nSPS) is 11.0. The number of fused-ring (bicyclic) bond motifs is 1. The van der Waals surface area contributed by atoms with Gasteiger partial charge in [0.05, 0.1) is 13.0 Å². The van der Waals surface area contributed by atoms with Crippen LogP contribution in [0.3, 0.4) is 0 Å². The van der Waals surface area contributed by atoms with E-state index in [1.165, 1.54) is 0 Å². The first-order chi connectivity index (χ1) is 11.2. The van der Waals surface area contributed by atoms with Crippen LogP contribution >= 0.6 is 0 Å². The fourth-order valence-electron chi connectivity index (χ4n) is 2.61. The topological polar surface area (TPSA) is 83.8 Å². The number of hydrogen-bond donors (Lipinski definition) is 2. The average molecular weight is 312 g/mol. The van der Waals surface area contributed by atoms with Crippen molar-refractivity contribution in [2.45, 2.75) is 39.7 Å². The molecule has 0 aliphatic heterocycles. The third-order valence-electron chi connectivity index (χ3n) is 3.79. The Morgan fingerprint density at radius 1 is 1.26 bits per heavy atom. The molecule has 0 atom stereocenters. The quantitative estimate of drug-likeness (QED) is 0.732. The summed E-state index contributed by atoms with van der Waals surface area (Å²) in [4.78, 5) is 16.5. The van der Waals surface area contributed by atoms with Crippen molar-refractivity contribution in [2.75, 3.05) is 0 Å². The number of amides is 1. The summed E-state index contributed by atoms with van der Waals surface area (Å²) >= 11 is 0. The Bertz CT molecular complexity index is 819. The van der Waals surface area contributed by atoms with E-state index < -0.39 is 0 Å². The molecule has 0 saturated carbocycles. The molecule has 0 aliphatic rings. The van der Waals surface area contributed by atoms with Crippen LogP contribution in [0.1, 0.15) is 36.8 Å². The molecule has 120 valence electrons. The first-order valence-electron chi connectivity index (χ1n) is 7.87. The van der Waals surface area contributed by atoms with Gasteiger partial charge in [-0.1, -0.05) is 32.0 Å². The molecular formula is C17H20N4O2. The van der Waals surface area contributed by atoms with Gasteiger partial charge in [0.1, 0.15) is 17.2 Å². The van der Waals surface area contributed by atoms with Crippen molar-refractivity contribution in [3.63, 3.8) is 0 Å². The fourth-order valence-corrected chi connectivity index (χ4v) is 2.61. The number of H-pyrrole nitrogens is 1. The molecule has 0 aliphatic carbocycles. The number of aromatic nitrogens is 3. The molecule has 1 amide bonds. The number of aromatic amines is 1. The number of benzene rings is 1. The maximum atomic E-state index is 12.3. The Kier molecular flexibility index (Phi) is 4.41. The molecular weight excluding hydrogens is 292 g/mol. The number of para-hydroxylation sites is 1. The predicted octanol–water partition coefficient (Wildman–Crippen LogP) is 2.53. The van der Waals surface area contributed by atoms with Gasteiger partial charge >= 0.3 is 0 Å². The number of nitrogens with zero attached hydrogens (tertiary/aromatic N) is 2. The second kappa shape index (κ2) is 6.64. The summed E-state index contributed by atoms with van der Waals surface area (Å²) in [5.74, 6) is 2.24. The van der Waals surface area contributed by atoms with E-state index in [4.69, 9.17) is 4.42 Å². The second-order valence-corrected chi connectivity index (χ2v) is 5.36. The number of furan rings is 1. The predicted molar refractivity (Wildman–Crippen MR) is 86.9 cm³/mol. The number of carbonyl (C=O) groups is 1. The van der Waals surface area contributed by atoms with Crippen molar-refractivity contribution in [1.29, 1.82) is 0 Å². The van der Waals surface area contributed by atoms with Crippen LogP contribution in [0.15, 0.2) is 28.7 Å². The van der Waals surface area contributed by atoms with Crippen LogP contribution in [0, 0.1) is 0 Å². The van der Waals surface area contributed by atoms with E-state index >= 15 is 0 Å². The first kappa shape index (κ1) is 15.3. The van der Waals surface area contributed by atoms with Gasteiger partial charge in [0, 0.05) is 23.8 Å². The zero-order chi connectivity index (χ0) is 16.2. The smallest absolute Gasteiger partial charge is 0.224 e. The minimum atomic E-state index is -0.0549. The maximum absolute atomic E-state index is 12.3. The van der Waals surface area contributed by atoms with Gasteiger partial charge < -0.3 is 9.73 Å². The van der Waals surface area contributed by atoms with E-state index in [0.29, 0.717) is 18.8 Å². The zero-order valence-electron chi connectivity index (χ0n) is 13.3. The van der Waals surface area contributed by atoms with Crippen molar-refractivity contribution in [1.82, 2.24) is 20.5 Å². The summed E-state index contributed by atoms with van der Waals surface area (Å²) in [5.41, 5.74) is 1.79. The Labute approximate surface area is 134 Å². The molecule has 3 aromatic rings. The van der Waals surface area contributed by atoms with Crippen LogP contribution in [-0.2, 0) is 30.6 Å². The van der Waals surface area contributed by atoms with E-state index in [2.05, 4.69) is 20.5 Å². The van der Waals surface area contributed by atoms with E-state index in [0.717, 1.165) is 41.0 Å². The lowest BCUT2D eigenvalue weighted by atomic mass is 10.1. The highest BCUT2D eigenvalue weighted by Gasteiger charge is 2.16. The summed E-state index contributed by atoms with van der Waals surface area (Å²) in [6.45, 7) is 4.37. The maximum Gasteiger partial charge on any atom is 0.224 e.